The Morgan fingerprint density at radius 3 is 2.22 bits per heavy atom. The molecule has 5 nitrogen and oxygen atoms in total. The van der Waals surface area contributed by atoms with Crippen molar-refractivity contribution in [3.05, 3.63) is 100 Å². The number of nitrogens with one attached hydrogen (secondary N) is 1. The van der Waals surface area contributed by atoms with Gasteiger partial charge < -0.3 is 15.0 Å². The Balaban J connectivity index is 1.95. The zero-order valence-electron chi connectivity index (χ0n) is 22.6. The summed E-state index contributed by atoms with van der Waals surface area (Å²) in [4.78, 5) is 28.8. The molecule has 3 aromatic rings. The number of nitrogens with zero attached hydrogens (tertiary/aromatic N) is 1. The van der Waals surface area contributed by atoms with Crippen LogP contribution in [0, 0.1) is 26.6 Å². The number of benzene rings is 3. The highest BCUT2D eigenvalue weighted by Crippen LogP contribution is 2.24. The molecule has 0 unspecified atom stereocenters. The number of rotatable bonds is 9. The lowest BCUT2D eigenvalue weighted by Crippen LogP contribution is -2.55. The summed E-state index contributed by atoms with van der Waals surface area (Å²) >= 11 is 0. The molecule has 1 N–H and O–H groups in total. The van der Waals surface area contributed by atoms with Crippen molar-refractivity contribution in [3.8, 4) is 5.75 Å². The van der Waals surface area contributed by atoms with Gasteiger partial charge in [-0.05, 0) is 87.6 Å². The molecule has 196 valence electrons. The summed E-state index contributed by atoms with van der Waals surface area (Å²) in [5.41, 5.74) is 4.26. The molecule has 37 heavy (non-hydrogen) atoms. The highest BCUT2D eigenvalue weighted by Gasteiger charge is 2.32. The number of carbonyl (C=O) groups excluding carboxylic acids is 2. The first-order valence-electron chi connectivity index (χ1n) is 12.5. The molecule has 0 fully saturated rings. The Morgan fingerprint density at radius 2 is 1.59 bits per heavy atom. The van der Waals surface area contributed by atoms with Crippen LogP contribution in [0.2, 0.25) is 0 Å². The highest BCUT2D eigenvalue weighted by molar-refractivity contribution is 5.89. The van der Waals surface area contributed by atoms with E-state index in [9.17, 15) is 14.0 Å². The van der Waals surface area contributed by atoms with Crippen molar-refractivity contribution < 1.29 is 18.7 Å². The standard InChI is InChI=1S/C31H37FN2O3/c1-21-16-22(2)23(3)28(17-21)37-20-29(35)34(19-25-12-14-26(32)15-13-25)27(30(36)33-31(4,5)6)18-24-10-8-7-9-11-24/h7-17,27H,18-20H2,1-6H3,(H,33,36)/t27-/m0/s1. The second kappa shape index (κ2) is 12.0. The van der Waals surface area contributed by atoms with Gasteiger partial charge in [-0.15, -0.1) is 0 Å². The Hall–Kier alpha value is -3.67. The van der Waals surface area contributed by atoms with E-state index in [-0.39, 0.29) is 30.8 Å². The maximum Gasteiger partial charge on any atom is 0.261 e. The minimum absolute atomic E-state index is 0.142. The molecule has 0 saturated heterocycles. The van der Waals surface area contributed by atoms with Crippen LogP contribution in [0.15, 0.2) is 66.7 Å². The van der Waals surface area contributed by atoms with Gasteiger partial charge >= 0.3 is 0 Å². The lowest BCUT2D eigenvalue weighted by atomic mass is 10.0. The van der Waals surface area contributed by atoms with E-state index >= 15 is 0 Å². The largest absolute Gasteiger partial charge is 0.483 e. The molecule has 0 radical (unpaired) electrons. The molecule has 0 saturated carbocycles. The van der Waals surface area contributed by atoms with Crippen molar-refractivity contribution in [2.24, 2.45) is 0 Å². The third kappa shape index (κ3) is 8.17. The Bertz CT molecular complexity index is 1220. The first-order valence-corrected chi connectivity index (χ1v) is 12.5. The van der Waals surface area contributed by atoms with Gasteiger partial charge in [0.25, 0.3) is 5.91 Å². The maximum absolute atomic E-state index is 13.7. The van der Waals surface area contributed by atoms with Gasteiger partial charge in [0.1, 0.15) is 17.6 Å². The maximum atomic E-state index is 13.7. The molecule has 3 rings (SSSR count). The van der Waals surface area contributed by atoms with E-state index in [0.717, 1.165) is 27.8 Å². The predicted octanol–water partition coefficient (Wildman–Crippen LogP) is 5.68. The van der Waals surface area contributed by atoms with Gasteiger partial charge in [-0.2, -0.15) is 0 Å². The van der Waals surface area contributed by atoms with Gasteiger partial charge in [0.15, 0.2) is 6.61 Å². The van der Waals surface area contributed by atoms with Crippen LogP contribution in [0.3, 0.4) is 0 Å². The average Bonchev–Trinajstić information content (AvgIpc) is 2.83. The third-order valence-electron chi connectivity index (χ3n) is 6.15. The van der Waals surface area contributed by atoms with Crippen molar-refractivity contribution in [2.75, 3.05) is 6.61 Å². The lowest BCUT2D eigenvalue weighted by molar-refractivity contribution is -0.143. The Kier molecular flexibility index (Phi) is 9.09. The number of carbonyl (C=O) groups is 2. The summed E-state index contributed by atoms with van der Waals surface area (Å²) < 4.78 is 19.6. The van der Waals surface area contributed by atoms with Crippen molar-refractivity contribution in [2.45, 2.75) is 66.1 Å². The fraction of sp³-hybridized carbons (Fsp3) is 0.355. The number of halogens is 1. The number of hydrogen-bond donors (Lipinski definition) is 1. The molecule has 0 aliphatic rings. The van der Waals surface area contributed by atoms with Crippen molar-refractivity contribution in [1.82, 2.24) is 10.2 Å². The van der Waals surface area contributed by atoms with Crippen LogP contribution < -0.4 is 10.1 Å². The smallest absolute Gasteiger partial charge is 0.261 e. The van der Waals surface area contributed by atoms with Gasteiger partial charge in [0.2, 0.25) is 5.91 Å². The van der Waals surface area contributed by atoms with Crippen molar-refractivity contribution in [1.29, 1.82) is 0 Å². The first kappa shape index (κ1) is 27.9. The van der Waals surface area contributed by atoms with E-state index in [1.54, 1.807) is 17.0 Å². The fourth-order valence-electron chi connectivity index (χ4n) is 4.17. The van der Waals surface area contributed by atoms with E-state index in [2.05, 4.69) is 11.4 Å². The van der Waals surface area contributed by atoms with Crippen LogP contribution in [0.4, 0.5) is 4.39 Å². The topological polar surface area (TPSA) is 58.6 Å². The summed E-state index contributed by atoms with van der Waals surface area (Å²) in [6.45, 7) is 11.6. The van der Waals surface area contributed by atoms with Crippen LogP contribution in [-0.2, 0) is 22.6 Å². The van der Waals surface area contributed by atoms with Gasteiger partial charge in [0.05, 0.1) is 0 Å². The van der Waals surface area contributed by atoms with E-state index in [1.807, 2.05) is 77.9 Å². The van der Waals surface area contributed by atoms with Gasteiger partial charge in [-0.25, -0.2) is 4.39 Å². The van der Waals surface area contributed by atoms with Crippen LogP contribution >= 0.6 is 0 Å². The zero-order valence-corrected chi connectivity index (χ0v) is 22.6. The normalized spacial score (nSPS) is 12.1. The summed E-state index contributed by atoms with van der Waals surface area (Å²) in [6, 6.07) is 18.8. The summed E-state index contributed by atoms with van der Waals surface area (Å²) in [6.07, 6.45) is 0.332. The molecule has 3 aromatic carbocycles. The Morgan fingerprint density at radius 1 is 0.946 bits per heavy atom. The molecule has 2 amide bonds. The predicted molar refractivity (Wildman–Crippen MR) is 145 cm³/mol. The summed E-state index contributed by atoms with van der Waals surface area (Å²) in [7, 11) is 0. The average molecular weight is 505 g/mol. The van der Waals surface area contributed by atoms with Gasteiger partial charge in [-0.1, -0.05) is 48.5 Å². The number of ether oxygens (including phenoxy) is 1. The lowest BCUT2D eigenvalue weighted by Gasteiger charge is -2.33. The molecule has 0 aromatic heterocycles. The summed E-state index contributed by atoms with van der Waals surface area (Å²) in [5, 5.41) is 3.03. The molecular formula is C31H37FN2O3. The van der Waals surface area contributed by atoms with Crippen molar-refractivity contribution >= 4 is 11.8 Å². The molecule has 0 spiro atoms. The molecule has 0 aliphatic heterocycles. The minimum Gasteiger partial charge on any atom is -0.483 e. The first-order chi connectivity index (χ1) is 17.4. The monoisotopic (exact) mass is 504 g/mol. The second-order valence-corrected chi connectivity index (χ2v) is 10.6. The SMILES string of the molecule is Cc1cc(C)c(C)c(OCC(=O)N(Cc2ccc(F)cc2)[C@@H](Cc2ccccc2)C(=O)NC(C)(C)C)c1. The summed E-state index contributed by atoms with van der Waals surface area (Å²) in [5.74, 6) is -0.296. The van der Waals surface area contributed by atoms with E-state index in [4.69, 9.17) is 4.74 Å². The number of amides is 2. The van der Waals surface area contributed by atoms with Gasteiger partial charge in [-0.3, -0.25) is 9.59 Å². The van der Waals surface area contributed by atoms with Gasteiger partial charge in [0, 0.05) is 18.5 Å². The van der Waals surface area contributed by atoms with Crippen molar-refractivity contribution in [3.63, 3.8) is 0 Å². The molecule has 6 heteroatoms. The highest BCUT2D eigenvalue weighted by atomic mass is 19.1. The third-order valence-corrected chi connectivity index (χ3v) is 6.15. The fourth-order valence-corrected chi connectivity index (χ4v) is 4.17. The number of aryl methyl sites for hydroxylation is 2. The number of hydrogen-bond acceptors (Lipinski definition) is 3. The molecule has 0 bridgehead atoms. The van der Waals surface area contributed by atoms with E-state index in [0.29, 0.717) is 12.2 Å². The van der Waals surface area contributed by atoms with E-state index in [1.165, 1.54) is 12.1 Å². The minimum atomic E-state index is -0.789. The molecule has 0 aliphatic carbocycles. The van der Waals surface area contributed by atoms with Crippen LogP contribution in [0.5, 0.6) is 5.75 Å². The van der Waals surface area contributed by atoms with Crippen LogP contribution in [0.1, 0.15) is 48.6 Å². The molecule has 1 atom stereocenters. The molecule has 0 heterocycles. The quantitative estimate of drug-likeness (QED) is 0.408. The zero-order chi connectivity index (χ0) is 27.2. The van der Waals surface area contributed by atoms with Crippen LogP contribution in [-0.4, -0.2) is 34.9 Å². The van der Waals surface area contributed by atoms with E-state index < -0.39 is 11.6 Å². The van der Waals surface area contributed by atoms with Crippen LogP contribution in [0.25, 0.3) is 0 Å². The second-order valence-electron chi connectivity index (χ2n) is 10.6. The Labute approximate surface area is 219 Å². The molecular weight excluding hydrogens is 467 g/mol.